The van der Waals surface area contributed by atoms with Gasteiger partial charge in [0.2, 0.25) is 0 Å². The second-order valence-electron chi connectivity index (χ2n) is 6.73. The molecule has 166 valence electrons. The first kappa shape index (κ1) is 22.7. The Kier molecular flexibility index (Phi) is 8.09. The molecule has 0 unspecified atom stereocenters. The Hall–Kier alpha value is -4.00. The maximum absolute atomic E-state index is 12.5. The maximum Gasteiger partial charge on any atom is 0.271 e. The first-order valence-electron chi connectivity index (χ1n) is 10.3. The molecule has 0 aliphatic heterocycles. The zero-order valence-electron chi connectivity index (χ0n) is 18.1. The SMILES string of the molecule is CCOc1cc(/C=N/NC(=O)c2ccc(OCc3ccccc3)c(OCC)c2)ccc1O. The predicted octanol–water partition coefficient (Wildman–Crippen LogP) is 4.53. The van der Waals surface area contributed by atoms with E-state index >= 15 is 0 Å². The molecule has 3 aromatic carbocycles. The number of aromatic hydroxyl groups is 1. The molecule has 3 rings (SSSR count). The molecule has 7 nitrogen and oxygen atoms in total. The smallest absolute Gasteiger partial charge is 0.271 e. The number of amides is 1. The maximum atomic E-state index is 12.5. The van der Waals surface area contributed by atoms with Crippen molar-refractivity contribution in [2.24, 2.45) is 5.10 Å². The van der Waals surface area contributed by atoms with E-state index in [2.05, 4.69) is 10.5 Å². The Morgan fingerprint density at radius 1 is 0.906 bits per heavy atom. The van der Waals surface area contributed by atoms with E-state index in [-0.39, 0.29) is 11.7 Å². The van der Waals surface area contributed by atoms with Crippen molar-refractivity contribution in [3.8, 4) is 23.0 Å². The minimum atomic E-state index is -0.388. The lowest BCUT2D eigenvalue weighted by molar-refractivity contribution is 0.0954. The van der Waals surface area contributed by atoms with Crippen molar-refractivity contribution in [1.82, 2.24) is 5.43 Å². The van der Waals surface area contributed by atoms with Gasteiger partial charge in [-0.15, -0.1) is 0 Å². The number of rotatable bonds is 10. The highest BCUT2D eigenvalue weighted by Gasteiger charge is 2.12. The lowest BCUT2D eigenvalue weighted by atomic mass is 10.2. The molecule has 0 saturated carbocycles. The van der Waals surface area contributed by atoms with Gasteiger partial charge in [-0.3, -0.25) is 4.79 Å². The largest absolute Gasteiger partial charge is 0.504 e. The summed E-state index contributed by atoms with van der Waals surface area (Å²) in [5, 5.41) is 13.8. The molecular formula is C25H26N2O5. The van der Waals surface area contributed by atoms with Gasteiger partial charge in [0.1, 0.15) is 6.61 Å². The Labute approximate surface area is 187 Å². The number of phenols is 1. The van der Waals surface area contributed by atoms with E-state index in [1.807, 2.05) is 44.2 Å². The third-order valence-electron chi connectivity index (χ3n) is 4.41. The van der Waals surface area contributed by atoms with Crippen LogP contribution in [0.25, 0.3) is 0 Å². The molecule has 0 fully saturated rings. The predicted molar refractivity (Wildman–Crippen MR) is 123 cm³/mol. The second kappa shape index (κ2) is 11.4. The molecular weight excluding hydrogens is 408 g/mol. The summed E-state index contributed by atoms with van der Waals surface area (Å²) in [6, 6.07) is 19.6. The summed E-state index contributed by atoms with van der Waals surface area (Å²) < 4.78 is 16.9. The summed E-state index contributed by atoms with van der Waals surface area (Å²) >= 11 is 0. The monoisotopic (exact) mass is 434 g/mol. The van der Waals surface area contributed by atoms with E-state index in [4.69, 9.17) is 14.2 Å². The number of carbonyl (C=O) groups is 1. The third-order valence-corrected chi connectivity index (χ3v) is 4.41. The molecule has 3 aromatic rings. The van der Waals surface area contributed by atoms with Crippen LogP contribution >= 0.6 is 0 Å². The van der Waals surface area contributed by atoms with Gasteiger partial charge in [-0.25, -0.2) is 5.43 Å². The van der Waals surface area contributed by atoms with Crippen LogP contribution in [-0.4, -0.2) is 30.4 Å². The van der Waals surface area contributed by atoms with Gasteiger partial charge >= 0.3 is 0 Å². The molecule has 0 aliphatic carbocycles. The average Bonchev–Trinajstić information content (AvgIpc) is 2.81. The fourth-order valence-corrected chi connectivity index (χ4v) is 2.88. The minimum Gasteiger partial charge on any atom is -0.504 e. The van der Waals surface area contributed by atoms with Gasteiger partial charge in [0.15, 0.2) is 23.0 Å². The van der Waals surface area contributed by atoms with Crippen LogP contribution < -0.4 is 19.6 Å². The number of nitrogens with one attached hydrogen (secondary N) is 1. The van der Waals surface area contributed by atoms with Crippen LogP contribution in [0.1, 0.15) is 35.3 Å². The summed E-state index contributed by atoms with van der Waals surface area (Å²) in [5.74, 6) is 1.06. The number of hydrazone groups is 1. The van der Waals surface area contributed by atoms with Crippen LogP contribution in [0.4, 0.5) is 0 Å². The summed E-state index contributed by atoms with van der Waals surface area (Å²) in [6.45, 7) is 4.96. The van der Waals surface area contributed by atoms with E-state index < -0.39 is 0 Å². The van der Waals surface area contributed by atoms with E-state index in [0.29, 0.717) is 48.2 Å². The van der Waals surface area contributed by atoms with E-state index in [0.717, 1.165) is 5.56 Å². The quantitative estimate of drug-likeness (QED) is 0.361. The van der Waals surface area contributed by atoms with Gasteiger partial charge < -0.3 is 19.3 Å². The van der Waals surface area contributed by atoms with Gasteiger partial charge in [-0.1, -0.05) is 30.3 Å². The average molecular weight is 434 g/mol. The number of ether oxygens (including phenoxy) is 3. The molecule has 0 aromatic heterocycles. The van der Waals surface area contributed by atoms with Crippen molar-refractivity contribution < 1.29 is 24.1 Å². The Morgan fingerprint density at radius 3 is 2.41 bits per heavy atom. The first-order chi connectivity index (χ1) is 15.6. The molecule has 0 atom stereocenters. The number of carbonyl (C=O) groups excluding carboxylic acids is 1. The standard InChI is InChI=1S/C25H26N2O5/c1-3-30-23-14-19(10-12-21(23)28)16-26-27-25(29)20-11-13-22(24(15-20)31-4-2)32-17-18-8-6-5-7-9-18/h5-16,28H,3-4,17H2,1-2H3,(H,27,29)/b26-16+. The topological polar surface area (TPSA) is 89.4 Å². The molecule has 0 saturated heterocycles. The number of hydrogen-bond acceptors (Lipinski definition) is 6. The molecule has 0 aliphatic rings. The zero-order chi connectivity index (χ0) is 22.8. The molecule has 32 heavy (non-hydrogen) atoms. The van der Waals surface area contributed by atoms with E-state index in [1.54, 1.807) is 30.3 Å². The minimum absolute atomic E-state index is 0.0473. The Balaban J connectivity index is 1.66. The Morgan fingerprint density at radius 2 is 1.66 bits per heavy atom. The molecule has 0 radical (unpaired) electrons. The molecule has 2 N–H and O–H groups in total. The van der Waals surface area contributed by atoms with Crippen molar-refractivity contribution in [3.05, 3.63) is 83.4 Å². The van der Waals surface area contributed by atoms with Crippen LogP contribution in [0.5, 0.6) is 23.0 Å². The lowest BCUT2D eigenvalue weighted by Gasteiger charge is -2.13. The van der Waals surface area contributed by atoms with Gasteiger partial charge in [0, 0.05) is 5.56 Å². The van der Waals surface area contributed by atoms with Gasteiger partial charge in [0.05, 0.1) is 19.4 Å². The highest BCUT2D eigenvalue weighted by Crippen LogP contribution is 2.29. The van der Waals surface area contributed by atoms with E-state index in [9.17, 15) is 9.90 Å². The molecule has 0 bridgehead atoms. The van der Waals surface area contributed by atoms with Crippen LogP contribution in [0.2, 0.25) is 0 Å². The number of nitrogens with zero attached hydrogens (tertiary/aromatic N) is 1. The van der Waals surface area contributed by atoms with Crippen LogP contribution in [0.3, 0.4) is 0 Å². The summed E-state index contributed by atoms with van der Waals surface area (Å²) in [7, 11) is 0. The molecule has 1 amide bonds. The number of benzene rings is 3. The summed E-state index contributed by atoms with van der Waals surface area (Å²) in [5.41, 5.74) is 4.59. The fraction of sp³-hybridized carbons (Fsp3) is 0.200. The van der Waals surface area contributed by atoms with Gasteiger partial charge in [0.25, 0.3) is 5.91 Å². The summed E-state index contributed by atoms with van der Waals surface area (Å²) in [6.07, 6.45) is 1.47. The number of hydrogen-bond donors (Lipinski definition) is 2. The van der Waals surface area contributed by atoms with Crippen molar-refractivity contribution in [2.45, 2.75) is 20.5 Å². The molecule has 7 heteroatoms. The lowest BCUT2D eigenvalue weighted by Crippen LogP contribution is -2.17. The van der Waals surface area contributed by atoms with Crippen LogP contribution in [0, 0.1) is 0 Å². The van der Waals surface area contributed by atoms with Crippen molar-refractivity contribution in [2.75, 3.05) is 13.2 Å². The highest BCUT2D eigenvalue weighted by atomic mass is 16.5. The molecule has 0 heterocycles. The van der Waals surface area contributed by atoms with Gasteiger partial charge in [-0.2, -0.15) is 5.10 Å². The van der Waals surface area contributed by atoms with Crippen molar-refractivity contribution >= 4 is 12.1 Å². The van der Waals surface area contributed by atoms with Crippen molar-refractivity contribution in [3.63, 3.8) is 0 Å². The zero-order valence-corrected chi connectivity index (χ0v) is 18.1. The normalized spacial score (nSPS) is 10.7. The number of phenolic OH excluding ortho intramolecular Hbond substituents is 1. The van der Waals surface area contributed by atoms with E-state index in [1.165, 1.54) is 12.3 Å². The molecule has 0 spiro atoms. The van der Waals surface area contributed by atoms with Crippen molar-refractivity contribution in [1.29, 1.82) is 0 Å². The fourth-order valence-electron chi connectivity index (χ4n) is 2.88. The highest BCUT2D eigenvalue weighted by molar-refractivity contribution is 5.95. The second-order valence-corrected chi connectivity index (χ2v) is 6.73. The van der Waals surface area contributed by atoms with Crippen LogP contribution in [0.15, 0.2) is 71.8 Å². The first-order valence-corrected chi connectivity index (χ1v) is 10.3. The van der Waals surface area contributed by atoms with Gasteiger partial charge in [-0.05, 0) is 61.4 Å². The van der Waals surface area contributed by atoms with Crippen LogP contribution in [-0.2, 0) is 6.61 Å². The Bertz CT molecular complexity index is 1070. The summed E-state index contributed by atoms with van der Waals surface area (Å²) in [4.78, 5) is 12.5. The third kappa shape index (κ3) is 6.25.